The van der Waals surface area contributed by atoms with Gasteiger partial charge in [-0.2, -0.15) is 0 Å². The minimum atomic E-state index is -0.514. The molecule has 0 saturated carbocycles. The zero-order valence-corrected chi connectivity index (χ0v) is 14.6. The second kappa shape index (κ2) is 6.31. The molecule has 0 spiro atoms. The first-order chi connectivity index (χ1) is 12.6. The van der Waals surface area contributed by atoms with Crippen molar-refractivity contribution in [1.82, 2.24) is 14.4 Å². The lowest BCUT2D eigenvalue weighted by molar-refractivity contribution is 0.0526. The third kappa shape index (κ3) is 2.55. The third-order valence-corrected chi connectivity index (χ3v) is 4.41. The Bertz CT molecular complexity index is 1200. The summed E-state index contributed by atoms with van der Waals surface area (Å²) in [6, 6.07) is 12.7. The van der Waals surface area contributed by atoms with Gasteiger partial charge in [0, 0.05) is 5.56 Å². The minimum absolute atomic E-state index is 0.215. The zero-order chi connectivity index (χ0) is 18.3. The number of halogens is 1. The summed E-state index contributed by atoms with van der Waals surface area (Å²) in [5.74, 6) is 0.0916. The van der Waals surface area contributed by atoms with Crippen molar-refractivity contribution in [1.29, 1.82) is 0 Å². The maximum absolute atomic E-state index is 12.4. The predicted octanol–water partition coefficient (Wildman–Crippen LogP) is 3.67. The predicted molar refractivity (Wildman–Crippen MR) is 99.7 cm³/mol. The molecule has 0 amide bonds. The number of fused-ring (bicyclic) bond motifs is 3. The van der Waals surface area contributed by atoms with E-state index in [0.29, 0.717) is 22.4 Å². The highest BCUT2D eigenvalue weighted by Crippen LogP contribution is 2.27. The van der Waals surface area contributed by atoms with Gasteiger partial charge in [0.2, 0.25) is 0 Å². The van der Waals surface area contributed by atoms with Gasteiger partial charge in [-0.05, 0) is 19.1 Å². The van der Waals surface area contributed by atoms with Crippen LogP contribution in [0, 0.1) is 0 Å². The Morgan fingerprint density at radius 1 is 1.23 bits per heavy atom. The summed E-state index contributed by atoms with van der Waals surface area (Å²) in [7, 11) is 0. The Hall–Kier alpha value is -3.12. The standard InChI is InChI=1S/C19H14ClN3O3/c1-2-26-19(25)12-8-15-14(9-13(12)20)22-18(24)16-10-21-17(23(15)16)11-6-4-3-5-7-11/h3-10H,2H2,1H3,(H,22,24). The largest absolute Gasteiger partial charge is 0.462 e. The molecule has 26 heavy (non-hydrogen) atoms. The van der Waals surface area contributed by atoms with Crippen LogP contribution in [0.2, 0.25) is 5.02 Å². The lowest BCUT2D eigenvalue weighted by atomic mass is 10.1. The van der Waals surface area contributed by atoms with Crippen LogP contribution in [0.3, 0.4) is 0 Å². The molecule has 0 unspecified atom stereocenters. The van der Waals surface area contributed by atoms with Crippen LogP contribution in [0.4, 0.5) is 0 Å². The van der Waals surface area contributed by atoms with Gasteiger partial charge in [-0.15, -0.1) is 0 Å². The molecule has 0 aliphatic heterocycles. The van der Waals surface area contributed by atoms with E-state index in [1.54, 1.807) is 23.5 Å². The van der Waals surface area contributed by atoms with Crippen molar-refractivity contribution in [3.8, 4) is 11.4 Å². The number of nitrogens with one attached hydrogen (secondary N) is 1. The van der Waals surface area contributed by atoms with Crippen molar-refractivity contribution in [2.24, 2.45) is 0 Å². The van der Waals surface area contributed by atoms with Crippen LogP contribution in [0.1, 0.15) is 17.3 Å². The number of aromatic amines is 1. The summed E-state index contributed by atoms with van der Waals surface area (Å²) < 4.78 is 6.79. The van der Waals surface area contributed by atoms with Gasteiger partial charge >= 0.3 is 5.97 Å². The van der Waals surface area contributed by atoms with Gasteiger partial charge in [-0.1, -0.05) is 41.9 Å². The van der Waals surface area contributed by atoms with Crippen molar-refractivity contribution in [2.75, 3.05) is 6.61 Å². The number of hydrogen-bond donors (Lipinski definition) is 1. The minimum Gasteiger partial charge on any atom is -0.462 e. The Morgan fingerprint density at radius 2 is 2.00 bits per heavy atom. The van der Waals surface area contributed by atoms with E-state index in [1.807, 2.05) is 30.3 Å². The molecule has 2 heterocycles. The Kier molecular flexibility index (Phi) is 3.97. The van der Waals surface area contributed by atoms with Crippen LogP contribution in [0.25, 0.3) is 27.9 Å². The molecule has 7 heteroatoms. The lowest BCUT2D eigenvalue weighted by Gasteiger charge is -2.10. The number of ether oxygens (including phenoxy) is 1. The second-order valence-electron chi connectivity index (χ2n) is 5.69. The molecular formula is C19H14ClN3O3. The van der Waals surface area contributed by atoms with Crippen LogP contribution in [0.15, 0.2) is 53.5 Å². The zero-order valence-electron chi connectivity index (χ0n) is 13.8. The van der Waals surface area contributed by atoms with Crippen LogP contribution in [-0.2, 0) is 4.74 Å². The van der Waals surface area contributed by atoms with E-state index >= 15 is 0 Å². The second-order valence-corrected chi connectivity index (χ2v) is 6.10. The number of H-pyrrole nitrogens is 1. The summed E-state index contributed by atoms with van der Waals surface area (Å²) in [6.07, 6.45) is 1.51. The fraction of sp³-hybridized carbons (Fsp3) is 0.105. The van der Waals surface area contributed by atoms with E-state index in [0.717, 1.165) is 5.56 Å². The lowest BCUT2D eigenvalue weighted by Crippen LogP contribution is -2.12. The van der Waals surface area contributed by atoms with E-state index in [-0.39, 0.29) is 22.8 Å². The van der Waals surface area contributed by atoms with Gasteiger partial charge in [-0.25, -0.2) is 9.78 Å². The van der Waals surface area contributed by atoms with Gasteiger partial charge in [0.25, 0.3) is 5.56 Å². The monoisotopic (exact) mass is 367 g/mol. The fourth-order valence-corrected chi connectivity index (χ4v) is 3.19. The summed E-state index contributed by atoms with van der Waals surface area (Å²) in [4.78, 5) is 31.8. The molecule has 0 atom stereocenters. The number of imidazole rings is 1. The van der Waals surface area contributed by atoms with Crippen LogP contribution in [-0.4, -0.2) is 26.9 Å². The molecule has 0 aliphatic carbocycles. The number of esters is 1. The van der Waals surface area contributed by atoms with Gasteiger partial charge < -0.3 is 9.72 Å². The van der Waals surface area contributed by atoms with E-state index in [2.05, 4.69) is 9.97 Å². The van der Waals surface area contributed by atoms with E-state index in [9.17, 15) is 9.59 Å². The quantitative estimate of drug-likeness (QED) is 0.560. The van der Waals surface area contributed by atoms with Gasteiger partial charge in [0.15, 0.2) is 0 Å². The average Bonchev–Trinajstić information content (AvgIpc) is 3.08. The summed E-state index contributed by atoms with van der Waals surface area (Å²) in [6.45, 7) is 1.97. The Labute approximate surface area is 153 Å². The van der Waals surface area contributed by atoms with Crippen LogP contribution < -0.4 is 5.56 Å². The molecule has 0 fully saturated rings. The molecule has 0 aliphatic rings. The highest BCUT2D eigenvalue weighted by atomic mass is 35.5. The van der Waals surface area contributed by atoms with E-state index in [4.69, 9.17) is 16.3 Å². The molecule has 130 valence electrons. The first kappa shape index (κ1) is 16.4. The Morgan fingerprint density at radius 3 is 2.73 bits per heavy atom. The molecular weight excluding hydrogens is 354 g/mol. The molecule has 4 aromatic rings. The fourth-order valence-electron chi connectivity index (χ4n) is 2.95. The topological polar surface area (TPSA) is 76.5 Å². The summed E-state index contributed by atoms with van der Waals surface area (Å²) >= 11 is 6.22. The summed E-state index contributed by atoms with van der Waals surface area (Å²) in [5, 5.41) is 0.215. The highest BCUT2D eigenvalue weighted by molar-refractivity contribution is 6.34. The average molecular weight is 368 g/mol. The van der Waals surface area contributed by atoms with Crippen molar-refractivity contribution >= 4 is 34.1 Å². The van der Waals surface area contributed by atoms with Gasteiger partial charge in [0.1, 0.15) is 11.3 Å². The van der Waals surface area contributed by atoms with Crippen molar-refractivity contribution in [2.45, 2.75) is 6.92 Å². The van der Waals surface area contributed by atoms with E-state index in [1.165, 1.54) is 6.20 Å². The third-order valence-electron chi connectivity index (χ3n) is 4.10. The molecule has 0 bridgehead atoms. The first-order valence-corrected chi connectivity index (χ1v) is 8.43. The normalized spacial score (nSPS) is 11.2. The number of aromatic nitrogens is 3. The van der Waals surface area contributed by atoms with Crippen molar-refractivity contribution < 1.29 is 9.53 Å². The van der Waals surface area contributed by atoms with Crippen LogP contribution >= 0.6 is 11.6 Å². The van der Waals surface area contributed by atoms with Crippen molar-refractivity contribution in [3.05, 3.63) is 69.6 Å². The molecule has 0 saturated heterocycles. The molecule has 2 aromatic carbocycles. The van der Waals surface area contributed by atoms with Gasteiger partial charge in [-0.3, -0.25) is 9.20 Å². The van der Waals surface area contributed by atoms with Crippen molar-refractivity contribution in [3.63, 3.8) is 0 Å². The number of nitrogens with zero attached hydrogens (tertiary/aromatic N) is 2. The molecule has 4 rings (SSSR count). The number of benzene rings is 2. The summed E-state index contributed by atoms with van der Waals surface area (Å²) in [5.41, 5.74) is 2.31. The maximum atomic E-state index is 12.4. The number of rotatable bonds is 3. The van der Waals surface area contributed by atoms with E-state index < -0.39 is 5.97 Å². The molecule has 0 radical (unpaired) electrons. The SMILES string of the molecule is CCOC(=O)c1cc2c(cc1Cl)[nH]c(=O)c1cnc(-c3ccccc3)n12. The molecule has 2 aromatic heterocycles. The van der Waals surface area contributed by atoms with Gasteiger partial charge in [0.05, 0.1) is 34.4 Å². The smallest absolute Gasteiger partial charge is 0.339 e. The molecule has 6 nitrogen and oxygen atoms in total. The van der Waals surface area contributed by atoms with Crippen LogP contribution in [0.5, 0.6) is 0 Å². The molecule has 1 N–H and O–H groups in total. The Balaban J connectivity index is 2.09. The number of carbonyl (C=O) groups is 1. The highest BCUT2D eigenvalue weighted by Gasteiger charge is 2.17. The number of hydrogen-bond acceptors (Lipinski definition) is 4. The first-order valence-electron chi connectivity index (χ1n) is 8.05. The number of carbonyl (C=O) groups excluding carboxylic acids is 1. The maximum Gasteiger partial charge on any atom is 0.339 e.